The van der Waals surface area contributed by atoms with Gasteiger partial charge in [0.1, 0.15) is 6.54 Å². The zero-order valence-corrected chi connectivity index (χ0v) is 14.8. The summed E-state index contributed by atoms with van der Waals surface area (Å²) in [5, 5.41) is 0. The number of ether oxygens (including phenoxy) is 2. The second-order valence-corrected chi connectivity index (χ2v) is 5.67. The minimum Gasteiger partial charge on any atom is -0.465 e. The Hall–Kier alpha value is -2.63. The third kappa shape index (κ3) is 4.26. The Morgan fingerprint density at radius 3 is 2.36 bits per heavy atom. The van der Waals surface area contributed by atoms with Crippen molar-refractivity contribution in [2.45, 2.75) is 33.1 Å². The molecular formula is C19H23NO5. The largest absolute Gasteiger partial charge is 0.465 e. The fourth-order valence-corrected chi connectivity index (χ4v) is 2.98. The summed E-state index contributed by atoms with van der Waals surface area (Å²) in [6, 6.07) is 9.37. The van der Waals surface area contributed by atoms with E-state index in [1.165, 1.54) is 4.90 Å². The number of hydrogen-bond donors (Lipinski definition) is 0. The van der Waals surface area contributed by atoms with Crippen LogP contribution in [0.3, 0.4) is 0 Å². The van der Waals surface area contributed by atoms with Crippen molar-refractivity contribution in [2.75, 3.05) is 19.8 Å². The molecule has 0 N–H and O–H groups in total. The van der Waals surface area contributed by atoms with E-state index in [4.69, 9.17) is 9.47 Å². The van der Waals surface area contributed by atoms with Crippen LogP contribution in [0.2, 0.25) is 0 Å². The molecule has 0 spiro atoms. The molecule has 0 bridgehead atoms. The van der Waals surface area contributed by atoms with E-state index in [9.17, 15) is 14.4 Å². The summed E-state index contributed by atoms with van der Waals surface area (Å²) >= 11 is 0. The third-order valence-electron chi connectivity index (χ3n) is 4.11. The van der Waals surface area contributed by atoms with E-state index in [2.05, 4.69) is 0 Å². The van der Waals surface area contributed by atoms with Crippen molar-refractivity contribution in [3.63, 3.8) is 0 Å². The SMILES string of the molecule is CCOC(=O)CN1C(=O)CC(c2ccccc2)C(C(=O)OCC)=C1C. The van der Waals surface area contributed by atoms with Gasteiger partial charge in [-0.15, -0.1) is 0 Å². The summed E-state index contributed by atoms with van der Waals surface area (Å²) < 4.78 is 10.1. The van der Waals surface area contributed by atoms with Crippen molar-refractivity contribution in [2.24, 2.45) is 0 Å². The van der Waals surface area contributed by atoms with E-state index >= 15 is 0 Å². The van der Waals surface area contributed by atoms with Crippen LogP contribution in [0.5, 0.6) is 0 Å². The van der Waals surface area contributed by atoms with Gasteiger partial charge in [-0.3, -0.25) is 9.59 Å². The summed E-state index contributed by atoms with van der Waals surface area (Å²) in [4.78, 5) is 38.2. The van der Waals surface area contributed by atoms with Crippen molar-refractivity contribution in [1.29, 1.82) is 0 Å². The summed E-state index contributed by atoms with van der Waals surface area (Å²) in [6.07, 6.45) is 0.106. The molecule has 1 aliphatic rings. The van der Waals surface area contributed by atoms with Crippen molar-refractivity contribution < 1.29 is 23.9 Å². The van der Waals surface area contributed by atoms with Crippen LogP contribution in [0.25, 0.3) is 0 Å². The lowest BCUT2D eigenvalue weighted by molar-refractivity contribution is -0.149. The van der Waals surface area contributed by atoms with E-state index in [1.54, 1.807) is 20.8 Å². The van der Waals surface area contributed by atoms with Gasteiger partial charge in [0.15, 0.2) is 0 Å². The lowest BCUT2D eigenvalue weighted by Gasteiger charge is -2.33. The average Bonchev–Trinajstić information content (AvgIpc) is 2.59. The lowest BCUT2D eigenvalue weighted by Crippen LogP contribution is -2.41. The molecule has 1 aromatic rings. The van der Waals surface area contributed by atoms with Gasteiger partial charge in [-0.1, -0.05) is 30.3 Å². The molecule has 1 aliphatic heterocycles. The molecule has 0 aliphatic carbocycles. The average molecular weight is 345 g/mol. The van der Waals surface area contributed by atoms with Gasteiger partial charge < -0.3 is 14.4 Å². The predicted octanol–water partition coefficient (Wildman–Crippen LogP) is 2.40. The minimum atomic E-state index is -0.503. The van der Waals surface area contributed by atoms with Crippen LogP contribution >= 0.6 is 0 Å². The van der Waals surface area contributed by atoms with Crippen LogP contribution in [0.4, 0.5) is 0 Å². The molecule has 6 nitrogen and oxygen atoms in total. The normalized spacial score (nSPS) is 17.5. The van der Waals surface area contributed by atoms with Gasteiger partial charge in [-0.05, 0) is 26.3 Å². The van der Waals surface area contributed by atoms with Gasteiger partial charge in [0.05, 0.1) is 18.8 Å². The molecule has 2 rings (SSSR count). The molecule has 1 amide bonds. The molecule has 1 heterocycles. The van der Waals surface area contributed by atoms with Gasteiger partial charge in [0.2, 0.25) is 5.91 Å². The maximum Gasteiger partial charge on any atom is 0.336 e. The second kappa shape index (κ2) is 8.46. The number of benzene rings is 1. The van der Waals surface area contributed by atoms with E-state index < -0.39 is 11.9 Å². The quantitative estimate of drug-likeness (QED) is 0.740. The molecule has 1 aromatic carbocycles. The van der Waals surface area contributed by atoms with E-state index in [-0.39, 0.29) is 38.0 Å². The maximum absolute atomic E-state index is 12.6. The lowest BCUT2D eigenvalue weighted by atomic mass is 9.83. The fourth-order valence-electron chi connectivity index (χ4n) is 2.98. The van der Waals surface area contributed by atoms with E-state index in [0.717, 1.165) is 5.56 Å². The van der Waals surface area contributed by atoms with Gasteiger partial charge in [0.25, 0.3) is 0 Å². The Kier molecular flexibility index (Phi) is 6.33. The van der Waals surface area contributed by atoms with Crippen LogP contribution in [0.1, 0.15) is 38.7 Å². The molecule has 134 valence electrons. The fraction of sp³-hybridized carbons (Fsp3) is 0.421. The van der Waals surface area contributed by atoms with Crippen molar-refractivity contribution in [3.8, 4) is 0 Å². The minimum absolute atomic E-state index is 0.106. The summed E-state index contributed by atoms with van der Waals surface area (Å²) in [7, 11) is 0. The molecule has 1 atom stereocenters. The first-order valence-electron chi connectivity index (χ1n) is 8.38. The maximum atomic E-state index is 12.6. The molecule has 0 aromatic heterocycles. The van der Waals surface area contributed by atoms with Gasteiger partial charge >= 0.3 is 11.9 Å². The van der Waals surface area contributed by atoms with Crippen molar-refractivity contribution in [3.05, 3.63) is 47.2 Å². The molecule has 25 heavy (non-hydrogen) atoms. The highest BCUT2D eigenvalue weighted by molar-refractivity contribution is 5.96. The number of esters is 2. The molecule has 0 saturated heterocycles. The Morgan fingerprint density at radius 2 is 1.76 bits per heavy atom. The van der Waals surface area contributed by atoms with Crippen LogP contribution in [0.15, 0.2) is 41.6 Å². The first-order chi connectivity index (χ1) is 12.0. The third-order valence-corrected chi connectivity index (χ3v) is 4.11. The number of hydrogen-bond acceptors (Lipinski definition) is 5. The molecule has 0 fully saturated rings. The zero-order chi connectivity index (χ0) is 18.4. The first kappa shape index (κ1) is 18.7. The topological polar surface area (TPSA) is 72.9 Å². The second-order valence-electron chi connectivity index (χ2n) is 5.67. The van der Waals surface area contributed by atoms with E-state index in [0.29, 0.717) is 11.3 Å². The number of nitrogens with zero attached hydrogens (tertiary/aromatic N) is 1. The number of carbonyl (C=O) groups excluding carboxylic acids is 3. The molecule has 0 radical (unpaired) electrons. The Bertz CT molecular complexity index is 680. The van der Waals surface area contributed by atoms with E-state index in [1.807, 2.05) is 30.3 Å². The van der Waals surface area contributed by atoms with Crippen LogP contribution in [0, 0.1) is 0 Å². The highest BCUT2D eigenvalue weighted by atomic mass is 16.5. The zero-order valence-electron chi connectivity index (χ0n) is 14.8. The predicted molar refractivity (Wildman–Crippen MR) is 91.5 cm³/mol. The van der Waals surface area contributed by atoms with Crippen molar-refractivity contribution in [1.82, 2.24) is 4.90 Å². The number of rotatable bonds is 6. The van der Waals surface area contributed by atoms with Gasteiger partial charge in [0, 0.05) is 18.0 Å². The highest BCUT2D eigenvalue weighted by Crippen LogP contribution is 2.36. The van der Waals surface area contributed by atoms with Crippen molar-refractivity contribution >= 4 is 17.8 Å². The molecule has 1 unspecified atom stereocenters. The van der Waals surface area contributed by atoms with Gasteiger partial charge in [-0.25, -0.2) is 4.79 Å². The molecular weight excluding hydrogens is 322 g/mol. The Labute approximate surface area is 147 Å². The number of allylic oxidation sites excluding steroid dienone is 1. The van der Waals surface area contributed by atoms with Crippen LogP contribution < -0.4 is 0 Å². The van der Waals surface area contributed by atoms with Crippen LogP contribution in [-0.2, 0) is 23.9 Å². The Balaban J connectivity index is 2.43. The number of amides is 1. The monoisotopic (exact) mass is 345 g/mol. The summed E-state index contributed by atoms with van der Waals surface area (Å²) in [5.41, 5.74) is 1.72. The number of carbonyl (C=O) groups is 3. The standard InChI is InChI=1S/C19H23NO5/c1-4-24-17(22)12-20-13(3)18(19(23)25-5-2)15(11-16(20)21)14-9-7-6-8-10-14/h6-10,15H,4-5,11-12H2,1-3H3. The first-order valence-corrected chi connectivity index (χ1v) is 8.38. The highest BCUT2D eigenvalue weighted by Gasteiger charge is 2.37. The molecule has 0 saturated carbocycles. The Morgan fingerprint density at radius 1 is 1.12 bits per heavy atom. The molecule has 6 heteroatoms. The summed E-state index contributed by atoms with van der Waals surface area (Å²) in [6.45, 7) is 5.37. The smallest absolute Gasteiger partial charge is 0.336 e. The summed E-state index contributed by atoms with van der Waals surface area (Å²) in [5.74, 6) is -1.56. The van der Waals surface area contributed by atoms with Crippen LogP contribution in [-0.4, -0.2) is 42.5 Å². The van der Waals surface area contributed by atoms with Gasteiger partial charge in [-0.2, -0.15) is 0 Å².